The van der Waals surface area contributed by atoms with Crippen LogP contribution < -0.4 is 31.1 Å². The van der Waals surface area contributed by atoms with Gasteiger partial charge in [0.2, 0.25) is 0 Å². The van der Waals surface area contributed by atoms with E-state index >= 15 is 0 Å². The summed E-state index contributed by atoms with van der Waals surface area (Å²) in [6.07, 6.45) is 0. The molecule has 12 rings (SSSR count). The van der Waals surface area contributed by atoms with E-state index in [4.69, 9.17) is 0 Å². The van der Waals surface area contributed by atoms with Gasteiger partial charge in [0.1, 0.15) is 0 Å². The highest BCUT2D eigenvalue weighted by atomic mass is 15.2. The molecule has 0 spiro atoms. The normalized spacial score (nSPS) is 12.6. The quantitative estimate of drug-likeness (QED) is 0.155. The first-order chi connectivity index (χ1) is 31.8. The maximum Gasteiger partial charge on any atom is 0.252 e. The summed E-state index contributed by atoms with van der Waals surface area (Å²) in [5.41, 5.74) is 22.9. The Labute approximate surface area is 382 Å². The van der Waals surface area contributed by atoms with Crippen LogP contribution in [0.5, 0.6) is 0 Å². The lowest BCUT2D eigenvalue weighted by atomic mass is 9.33. The number of anilines is 9. The molecule has 10 aromatic carbocycles. The molecule has 0 aliphatic carbocycles. The number of benzene rings is 10. The highest BCUT2D eigenvalue weighted by Gasteiger charge is 2.44. The fourth-order valence-electron chi connectivity index (χ4n) is 10.5. The third kappa shape index (κ3) is 6.51. The fourth-order valence-corrected chi connectivity index (χ4v) is 10.5. The molecule has 0 unspecified atom stereocenters. The van der Waals surface area contributed by atoms with Gasteiger partial charge in [-0.3, -0.25) is 0 Å². The molecule has 0 radical (unpaired) electrons. The smallest absolute Gasteiger partial charge is 0.252 e. The van der Waals surface area contributed by atoms with Crippen molar-refractivity contribution in [2.75, 3.05) is 14.7 Å². The lowest BCUT2D eigenvalue weighted by Gasteiger charge is -2.45. The molecule has 0 fully saturated rings. The van der Waals surface area contributed by atoms with Gasteiger partial charge in [-0.2, -0.15) is 0 Å². The lowest BCUT2D eigenvalue weighted by Crippen LogP contribution is -2.61. The standard InChI is InChI=1S/C61H48BN3/c1-39-14-21-46(22-15-39)53-32-41(3)18-29-56(53)65-58-31-20-43(5)34-55(58)62-54-33-42(4)19-30-57(54)64(49-25-16-40(2)17-26-49)59-37-52(38-60(65)61(59)62)63(50-27-23-44-10-6-8-12-47(44)35-50)51-28-24-45-11-7-9-13-48(45)36-51/h6-38H,1-5H3. The summed E-state index contributed by atoms with van der Waals surface area (Å²) < 4.78 is 0. The predicted octanol–water partition coefficient (Wildman–Crippen LogP) is 14.8. The van der Waals surface area contributed by atoms with Crippen molar-refractivity contribution in [1.29, 1.82) is 0 Å². The van der Waals surface area contributed by atoms with E-state index in [0.717, 1.165) is 28.4 Å². The van der Waals surface area contributed by atoms with Gasteiger partial charge >= 0.3 is 0 Å². The van der Waals surface area contributed by atoms with Crippen LogP contribution in [0.1, 0.15) is 27.8 Å². The molecule has 2 aliphatic rings. The Hall–Kier alpha value is -7.82. The zero-order valence-electron chi connectivity index (χ0n) is 37.5. The van der Waals surface area contributed by atoms with Crippen molar-refractivity contribution in [3.63, 3.8) is 0 Å². The minimum Gasteiger partial charge on any atom is -0.311 e. The molecular formula is C61H48BN3. The topological polar surface area (TPSA) is 9.72 Å². The number of aryl methyl sites for hydroxylation is 5. The van der Waals surface area contributed by atoms with Crippen molar-refractivity contribution < 1.29 is 0 Å². The van der Waals surface area contributed by atoms with E-state index in [1.54, 1.807) is 0 Å². The minimum absolute atomic E-state index is 0.000130. The Bertz CT molecular complexity index is 3440. The van der Waals surface area contributed by atoms with Crippen LogP contribution in [0.25, 0.3) is 32.7 Å². The van der Waals surface area contributed by atoms with Gasteiger partial charge < -0.3 is 14.7 Å². The van der Waals surface area contributed by atoms with Gasteiger partial charge in [-0.25, -0.2) is 0 Å². The molecule has 65 heavy (non-hydrogen) atoms. The summed E-state index contributed by atoms with van der Waals surface area (Å²) in [5.74, 6) is 0. The molecule has 0 aromatic heterocycles. The van der Waals surface area contributed by atoms with Gasteiger partial charge in [0, 0.05) is 45.4 Å². The van der Waals surface area contributed by atoms with Gasteiger partial charge in [0.25, 0.3) is 6.71 Å². The molecule has 4 heteroatoms. The van der Waals surface area contributed by atoms with Crippen LogP contribution >= 0.6 is 0 Å². The van der Waals surface area contributed by atoms with E-state index in [-0.39, 0.29) is 6.71 Å². The maximum atomic E-state index is 2.58. The number of nitrogens with zero attached hydrogens (tertiary/aromatic N) is 3. The first-order valence-electron chi connectivity index (χ1n) is 22.8. The SMILES string of the molecule is Cc1ccc(-c2cc(C)ccc2N2c3ccc(C)cc3B3c4cc(C)ccc4N(c4ccc(C)cc4)c4cc(N(c5ccc6ccccc6c5)c5ccc6ccccc6c5)cc2c43)cc1. The van der Waals surface area contributed by atoms with Crippen molar-refractivity contribution >= 4 is 95.8 Å². The van der Waals surface area contributed by atoms with Crippen molar-refractivity contribution in [3.05, 3.63) is 228 Å². The van der Waals surface area contributed by atoms with E-state index in [1.807, 2.05) is 0 Å². The van der Waals surface area contributed by atoms with Crippen LogP contribution in [0.3, 0.4) is 0 Å². The predicted molar refractivity (Wildman–Crippen MR) is 279 cm³/mol. The summed E-state index contributed by atoms with van der Waals surface area (Å²) in [4.78, 5) is 7.58. The Kier molecular flexibility index (Phi) is 9.06. The summed E-state index contributed by atoms with van der Waals surface area (Å²) in [6, 6.07) is 75.3. The van der Waals surface area contributed by atoms with Gasteiger partial charge in [-0.15, -0.1) is 0 Å². The third-order valence-electron chi connectivity index (χ3n) is 13.6. The largest absolute Gasteiger partial charge is 0.311 e. The number of rotatable bonds is 6. The number of hydrogen-bond donors (Lipinski definition) is 0. The zero-order chi connectivity index (χ0) is 43.9. The van der Waals surface area contributed by atoms with Crippen LogP contribution in [0.4, 0.5) is 51.2 Å². The minimum atomic E-state index is -0.000130. The van der Waals surface area contributed by atoms with Gasteiger partial charge in [0.15, 0.2) is 0 Å². The molecule has 3 nitrogen and oxygen atoms in total. The lowest BCUT2D eigenvalue weighted by molar-refractivity contribution is 1.22. The maximum absolute atomic E-state index is 2.58. The first kappa shape index (κ1) is 38.8. The van der Waals surface area contributed by atoms with Crippen molar-refractivity contribution in [2.24, 2.45) is 0 Å². The highest BCUT2D eigenvalue weighted by Crippen LogP contribution is 2.50. The van der Waals surface area contributed by atoms with Crippen LogP contribution in [0.15, 0.2) is 200 Å². The summed E-state index contributed by atoms with van der Waals surface area (Å²) in [6.45, 7) is 11.0. The van der Waals surface area contributed by atoms with Crippen LogP contribution in [-0.2, 0) is 0 Å². The first-order valence-corrected chi connectivity index (χ1v) is 22.8. The summed E-state index contributed by atoms with van der Waals surface area (Å²) >= 11 is 0. The molecule has 0 N–H and O–H groups in total. The molecular weight excluding hydrogens is 786 g/mol. The molecule has 2 heterocycles. The van der Waals surface area contributed by atoms with Crippen LogP contribution in [0, 0.1) is 34.6 Å². The molecule has 2 aliphatic heterocycles. The number of hydrogen-bond acceptors (Lipinski definition) is 3. The van der Waals surface area contributed by atoms with Crippen LogP contribution in [-0.4, -0.2) is 6.71 Å². The molecule has 0 bridgehead atoms. The van der Waals surface area contributed by atoms with Gasteiger partial charge in [0.05, 0.1) is 11.4 Å². The Morgan fingerprint density at radius 3 is 1.37 bits per heavy atom. The average molecular weight is 834 g/mol. The molecule has 10 aromatic rings. The summed E-state index contributed by atoms with van der Waals surface area (Å²) in [5, 5.41) is 4.84. The van der Waals surface area contributed by atoms with E-state index in [2.05, 4.69) is 250 Å². The second kappa shape index (κ2) is 15.2. The molecule has 0 saturated carbocycles. The van der Waals surface area contributed by atoms with Crippen molar-refractivity contribution in [2.45, 2.75) is 34.6 Å². The molecule has 0 saturated heterocycles. The second-order valence-corrected chi connectivity index (χ2v) is 18.2. The van der Waals surface area contributed by atoms with E-state index < -0.39 is 0 Å². The number of fused-ring (bicyclic) bond motifs is 6. The average Bonchev–Trinajstić information content (AvgIpc) is 3.32. The van der Waals surface area contributed by atoms with Crippen LogP contribution in [0.2, 0.25) is 0 Å². The summed E-state index contributed by atoms with van der Waals surface area (Å²) in [7, 11) is 0. The van der Waals surface area contributed by atoms with Crippen molar-refractivity contribution in [1.82, 2.24) is 0 Å². The fraction of sp³-hybridized carbons (Fsp3) is 0.0820. The Balaban J connectivity index is 1.22. The van der Waals surface area contributed by atoms with E-state index in [9.17, 15) is 0 Å². The van der Waals surface area contributed by atoms with E-state index in [1.165, 1.54) is 99.6 Å². The molecule has 310 valence electrons. The Morgan fingerprint density at radius 2 is 0.800 bits per heavy atom. The Morgan fingerprint density at radius 1 is 0.338 bits per heavy atom. The van der Waals surface area contributed by atoms with Gasteiger partial charge in [-0.05, 0) is 151 Å². The van der Waals surface area contributed by atoms with E-state index in [0.29, 0.717) is 0 Å². The molecule has 0 amide bonds. The van der Waals surface area contributed by atoms with Gasteiger partial charge in [-0.1, -0.05) is 155 Å². The molecule has 0 atom stereocenters. The zero-order valence-corrected chi connectivity index (χ0v) is 37.5. The third-order valence-corrected chi connectivity index (χ3v) is 13.6. The highest BCUT2D eigenvalue weighted by molar-refractivity contribution is 7.00. The van der Waals surface area contributed by atoms with Crippen molar-refractivity contribution in [3.8, 4) is 11.1 Å². The monoisotopic (exact) mass is 833 g/mol. The second-order valence-electron chi connectivity index (χ2n) is 18.2.